The van der Waals surface area contributed by atoms with Crippen molar-refractivity contribution in [2.45, 2.75) is 25.9 Å². The Morgan fingerprint density at radius 2 is 2.28 bits per heavy atom. The second-order valence-electron chi connectivity index (χ2n) is 6.26. The first-order valence-electron chi connectivity index (χ1n) is 8.76. The average molecular weight is 343 g/mol. The van der Waals surface area contributed by atoms with E-state index in [0.717, 1.165) is 37.6 Å². The van der Waals surface area contributed by atoms with Crippen LogP contribution < -0.4 is 10.6 Å². The fraction of sp³-hybridized carbons (Fsp3) is 0.500. The molecule has 3 rings (SSSR count). The number of carbonyl (C=O) groups excluding carboxylic acids is 1. The number of carbonyl (C=O) groups is 1. The lowest BCUT2D eigenvalue weighted by Crippen LogP contribution is -2.30. The van der Waals surface area contributed by atoms with Crippen molar-refractivity contribution in [1.82, 2.24) is 19.9 Å². The maximum atomic E-state index is 11.8. The van der Waals surface area contributed by atoms with Crippen molar-refractivity contribution >= 4 is 11.7 Å². The molecule has 134 valence electrons. The van der Waals surface area contributed by atoms with E-state index < -0.39 is 0 Å². The monoisotopic (exact) mass is 343 g/mol. The number of imidazole rings is 1. The van der Waals surface area contributed by atoms with Crippen LogP contribution in [0.25, 0.3) is 0 Å². The summed E-state index contributed by atoms with van der Waals surface area (Å²) in [5.41, 5.74) is 0.569. The number of amides is 1. The largest absolute Gasteiger partial charge is 0.370 e. The maximum Gasteiger partial charge on any atom is 0.252 e. The Labute approximate surface area is 147 Å². The van der Waals surface area contributed by atoms with Crippen LogP contribution in [0.4, 0.5) is 5.82 Å². The Morgan fingerprint density at radius 3 is 2.96 bits per heavy atom. The molecule has 2 atom stereocenters. The molecule has 1 saturated heterocycles. The summed E-state index contributed by atoms with van der Waals surface area (Å²) in [7, 11) is 1.99. The third kappa shape index (κ3) is 4.17. The third-order valence-corrected chi connectivity index (χ3v) is 4.47. The van der Waals surface area contributed by atoms with Gasteiger partial charge in [-0.1, -0.05) is 0 Å². The van der Waals surface area contributed by atoms with E-state index in [-0.39, 0.29) is 12.0 Å². The molecule has 0 saturated carbocycles. The molecule has 2 aromatic rings. The van der Waals surface area contributed by atoms with Gasteiger partial charge in [0, 0.05) is 51.3 Å². The minimum atomic E-state index is -0.0999. The number of aromatic nitrogens is 3. The van der Waals surface area contributed by atoms with Crippen LogP contribution in [0.15, 0.2) is 30.7 Å². The summed E-state index contributed by atoms with van der Waals surface area (Å²) in [4.78, 5) is 20.6. The van der Waals surface area contributed by atoms with Gasteiger partial charge in [0.05, 0.1) is 5.56 Å². The highest BCUT2D eigenvalue weighted by Crippen LogP contribution is 2.32. The lowest BCUT2D eigenvalue weighted by Gasteiger charge is -2.31. The molecule has 1 aliphatic heterocycles. The van der Waals surface area contributed by atoms with E-state index in [1.165, 1.54) is 0 Å². The maximum absolute atomic E-state index is 11.8. The lowest BCUT2D eigenvalue weighted by atomic mass is 9.93. The van der Waals surface area contributed by atoms with Gasteiger partial charge in [-0.2, -0.15) is 0 Å². The van der Waals surface area contributed by atoms with Crippen molar-refractivity contribution in [3.05, 3.63) is 42.1 Å². The predicted octanol–water partition coefficient (Wildman–Crippen LogP) is 2.14. The van der Waals surface area contributed by atoms with E-state index in [1.807, 2.05) is 30.8 Å². The van der Waals surface area contributed by atoms with Gasteiger partial charge in [0.2, 0.25) is 0 Å². The van der Waals surface area contributed by atoms with E-state index in [1.54, 1.807) is 18.5 Å². The van der Waals surface area contributed by atoms with Gasteiger partial charge in [-0.05, 0) is 31.9 Å². The van der Waals surface area contributed by atoms with Gasteiger partial charge >= 0.3 is 0 Å². The molecular formula is C18H25N5O2. The minimum Gasteiger partial charge on any atom is -0.370 e. The van der Waals surface area contributed by atoms with Crippen LogP contribution in [0.3, 0.4) is 0 Å². The summed E-state index contributed by atoms with van der Waals surface area (Å²) in [5.74, 6) is 1.96. The molecule has 7 heteroatoms. The van der Waals surface area contributed by atoms with Gasteiger partial charge in [-0.3, -0.25) is 4.79 Å². The number of hydrogen-bond acceptors (Lipinski definition) is 5. The summed E-state index contributed by atoms with van der Waals surface area (Å²) in [6, 6.07) is 3.62. The number of pyridine rings is 1. The molecule has 0 aromatic carbocycles. The first kappa shape index (κ1) is 17.4. The Bertz CT molecular complexity index is 698. The Hall–Kier alpha value is -2.41. The van der Waals surface area contributed by atoms with Crippen LogP contribution in [0.2, 0.25) is 0 Å². The fourth-order valence-electron chi connectivity index (χ4n) is 3.12. The highest BCUT2D eigenvalue weighted by molar-refractivity contribution is 5.93. The number of anilines is 1. The van der Waals surface area contributed by atoms with Gasteiger partial charge in [0.15, 0.2) is 0 Å². The molecule has 1 amide bonds. The molecule has 25 heavy (non-hydrogen) atoms. The molecule has 0 aliphatic carbocycles. The summed E-state index contributed by atoms with van der Waals surface area (Å²) in [6.45, 7) is 4.03. The average Bonchev–Trinajstić information content (AvgIpc) is 3.06. The second-order valence-corrected chi connectivity index (χ2v) is 6.26. The van der Waals surface area contributed by atoms with Crippen LogP contribution in [-0.2, 0) is 11.8 Å². The van der Waals surface area contributed by atoms with E-state index in [0.29, 0.717) is 18.0 Å². The fourth-order valence-corrected chi connectivity index (χ4v) is 3.12. The Kier molecular flexibility index (Phi) is 5.65. The second kappa shape index (κ2) is 8.11. The topological polar surface area (TPSA) is 81.1 Å². The summed E-state index contributed by atoms with van der Waals surface area (Å²) in [5, 5.41) is 6.13. The number of rotatable bonds is 6. The van der Waals surface area contributed by atoms with Crippen LogP contribution in [0, 0.1) is 5.92 Å². The molecule has 3 heterocycles. The van der Waals surface area contributed by atoms with Gasteiger partial charge in [-0.15, -0.1) is 0 Å². The van der Waals surface area contributed by atoms with Gasteiger partial charge in [0.1, 0.15) is 17.7 Å². The number of nitrogens with one attached hydrogen (secondary N) is 2. The molecule has 2 N–H and O–H groups in total. The lowest BCUT2D eigenvalue weighted by molar-refractivity contribution is -0.0305. The number of aryl methyl sites for hydroxylation is 1. The van der Waals surface area contributed by atoms with Gasteiger partial charge in [-0.25, -0.2) is 9.97 Å². The first-order valence-corrected chi connectivity index (χ1v) is 8.76. The normalized spacial score (nSPS) is 20.2. The number of hydrogen-bond donors (Lipinski definition) is 2. The molecule has 1 aliphatic rings. The third-order valence-electron chi connectivity index (χ3n) is 4.47. The molecule has 0 spiro atoms. The molecule has 2 aromatic heterocycles. The van der Waals surface area contributed by atoms with E-state index in [2.05, 4.69) is 20.6 Å². The van der Waals surface area contributed by atoms with Crippen molar-refractivity contribution in [2.75, 3.05) is 25.0 Å². The summed E-state index contributed by atoms with van der Waals surface area (Å²) >= 11 is 0. The molecular weight excluding hydrogens is 318 g/mol. The SMILES string of the molecule is CCNC(=O)c1ccc(NC[C@@H]2CCCO[C@H]2c2nccn2C)nc1. The molecule has 1 fully saturated rings. The zero-order chi connectivity index (χ0) is 17.6. The number of nitrogens with zero attached hydrogens (tertiary/aromatic N) is 3. The highest BCUT2D eigenvalue weighted by Gasteiger charge is 2.30. The van der Waals surface area contributed by atoms with Crippen LogP contribution in [-0.4, -0.2) is 40.1 Å². The highest BCUT2D eigenvalue weighted by atomic mass is 16.5. The minimum absolute atomic E-state index is 0.00384. The smallest absolute Gasteiger partial charge is 0.252 e. The van der Waals surface area contributed by atoms with E-state index in [4.69, 9.17) is 4.74 Å². The first-order chi connectivity index (χ1) is 12.2. The Morgan fingerprint density at radius 1 is 1.40 bits per heavy atom. The van der Waals surface area contributed by atoms with E-state index in [9.17, 15) is 4.79 Å². The standard InChI is InChI=1S/C18H25N5O2/c1-3-19-18(24)14-6-7-15(22-12-14)21-11-13-5-4-10-25-16(13)17-20-8-9-23(17)2/h6-9,12-13,16H,3-5,10-11H2,1-2H3,(H,19,24)(H,21,22)/t13-,16+/m0/s1. The quantitative estimate of drug-likeness (QED) is 0.840. The molecule has 0 unspecified atom stereocenters. The van der Waals surface area contributed by atoms with Crippen molar-refractivity contribution in [1.29, 1.82) is 0 Å². The van der Waals surface area contributed by atoms with Crippen molar-refractivity contribution in [3.8, 4) is 0 Å². The summed E-state index contributed by atoms with van der Waals surface area (Å²) < 4.78 is 8.00. The zero-order valence-corrected chi connectivity index (χ0v) is 14.7. The molecule has 0 radical (unpaired) electrons. The van der Waals surface area contributed by atoms with Crippen LogP contribution >= 0.6 is 0 Å². The molecule has 7 nitrogen and oxygen atoms in total. The van der Waals surface area contributed by atoms with Crippen molar-refractivity contribution in [2.24, 2.45) is 13.0 Å². The predicted molar refractivity (Wildman–Crippen MR) is 95.4 cm³/mol. The van der Waals surface area contributed by atoms with Crippen molar-refractivity contribution in [3.63, 3.8) is 0 Å². The van der Waals surface area contributed by atoms with Gasteiger partial charge < -0.3 is 19.9 Å². The number of ether oxygens (including phenoxy) is 1. The summed E-state index contributed by atoms with van der Waals surface area (Å²) in [6.07, 6.45) is 7.48. The van der Waals surface area contributed by atoms with Gasteiger partial charge in [0.25, 0.3) is 5.91 Å². The van der Waals surface area contributed by atoms with E-state index >= 15 is 0 Å². The van der Waals surface area contributed by atoms with Crippen molar-refractivity contribution < 1.29 is 9.53 Å². The molecule has 0 bridgehead atoms. The zero-order valence-electron chi connectivity index (χ0n) is 14.7. The van der Waals surface area contributed by atoms with Crippen LogP contribution in [0.5, 0.6) is 0 Å². The van der Waals surface area contributed by atoms with Crippen LogP contribution in [0.1, 0.15) is 42.1 Å². The Balaban J connectivity index is 1.61.